The van der Waals surface area contributed by atoms with Gasteiger partial charge in [0.15, 0.2) is 0 Å². The van der Waals surface area contributed by atoms with Crippen LogP contribution in [0.25, 0.3) is 10.9 Å². The summed E-state index contributed by atoms with van der Waals surface area (Å²) in [5, 5.41) is 0.501. The lowest BCUT2D eigenvalue weighted by Crippen LogP contribution is -2.22. The first-order valence-corrected chi connectivity index (χ1v) is 7.24. The van der Waals surface area contributed by atoms with Gasteiger partial charge in [-0.05, 0) is 47.2 Å². The molecule has 0 aliphatic rings. The monoisotopic (exact) mass is 412 g/mol. The second-order valence-corrected chi connectivity index (χ2v) is 5.67. The van der Waals surface area contributed by atoms with Gasteiger partial charge in [-0.2, -0.15) is 13.2 Å². The fourth-order valence-electron chi connectivity index (χ4n) is 1.82. The number of halogens is 4. The zero-order valence-corrected chi connectivity index (χ0v) is 13.0. The molecule has 0 unspecified atom stereocenters. The molecule has 0 N–H and O–H groups in total. The minimum atomic E-state index is -4.32. The van der Waals surface area contributed by atoms with Crippen molar-refractivity contribution in [2.45, 2.75) is 19.1 Å². The maximum Gasteiger partial charge on any atom is 0.411 e. The lowest BCUT2D eigenvalue weighted by Gasteiger charge is -2.09. The Hall–Kier alpha value is -1.16. The zero-order chi connectivity index (χ0) is 15.5. The van der Waals surface area contributed by atoms with Gasteiger partial charge in [0.05, 0.1) is 17.2 Å². The minimum absolute atomic E-state index is 0.0592. The van der Waals surface area contributed by atoms with Gasteiger partial charge in [0.25, 0.3) is 5.56 Å². The number of alkyl halides is 3. The molecule has 4 nitrogen and oxygen atoms in total. The highest BCUT2D eigenvalue weighted by atomic mass is 127. The predicted octanol–water partition coefficient (Wildman–Crippen LogP) is 2.97. The normalized spacial score (nSPS) is 12.0. The Bertz CT molecular complexity index is 685. The first-order chi connectivity index (χ1) is 9.87. The van der Waals surface area contributed by atoms with Gasteiger partial charge < -0.3 is 4.74 Å². The summed E-state index contributed by atoms with van der Waals surface area (Å²) >= 11 is 2.10. The van der Waals surface area contributed by atoms with Crippen LogP contribution in [-0.2, 0) is 11.3 Å². The summed E-state index contributed by atoms with van der Waals surface area (Å²) in [6.07, 6.45) is -2.60. The number of aryl methyl sites for hydroxylation is 1. The van der Waals surface area contributed by atoms with Crippen molar-refractivity contribution in [1.29, 1.82) is 0 Å². The van der Waals surface area contributed by atoms with Crippen molar-refractivity contribution in [2.24, 2.45) is 0 Å². The predicted molar refractivity (Wildman–Crippen MR) is 80.2 cm³/mol. The lowest BCUT2D eigenvalue weighted by atomic mass is 10.2. The van der Waals surface area contributed by atoms with Crippen molar-refractivity contribution in [3.8, 4) is 0 Å². The van der Waals surface area contributed by atoms with Crippen LogP contribution < -0.4 is 5.56 Å². The third-order valence-electron chi connectivity index (χ3n) is 2.74. The standard InChI is InChI=1S/C13H12F3IN2O2/c14-13(15,16)7-21-5-1-4-19-8-18-11-3-2-9(17)6-10(11)12(19)20/h2-3,6,8H,1,4-5,7H2. The number of hydrogen-bond acceptors (Lipinski definition) is 3. The van der Waals surface area contributed by atoms with Crippen molar-refractivity contribution in [1.82, 2.24) is 9.55 Å². The highest BCUT2D eigenvalue weighted by Crippen LogP contribution is 2.14. The van der Waals surface area contributed by atoms with Crippen LogP contribution in [0.3, 0.4) is 0 Å². The molecule has 2 rings (SSSR count). The van der Waals surface area contributed by atoms with Gasteiger partial charge in [0.2, 0.25) is 0 Å². The van der Waals surface area contributed by atoms with Crippen LogP contribution >= 0.6 is 22.6 Å². The van der Waals surface area contributed by atoms with Crippen molar-refractivity contribution < 1.29 is 17.9 Å². The van der Waals surface area contributed by atoms with Gasteiger partial charge in [0.1, 0.15) is 6.61 Å². The largest absolute Gasteiger partial charge is 0.411 e. The van der Waals surface area contributed by atoms with E-state index in [1.54, 1.807) is 12.1 Å². The number of benzene rings is 1. The molecule has 0 aliphatic heterocycles. The summed E-state index contributed by atoms with van der Waals surface area (Å²) in [6, 6.07) is 5.35. The van der Waals surface area contributed by atoms with Crippen molar-refractivity contribution in [3.05, 3.63) is 38.5 Å². The minimum Gasteiger partial charge on any atom is -0.372 e. The van der Waals surface area contributed by atoms with Crippen LogP contribution in [-0.4, -0.2) is 28.9 Å². The number of fused-ring (bicyclic) bond motifs is 1. The molecule has 1 aromatic heterocycles. The smallest absolute Gasteiger partial charge is 0.372 e. The average molecular weight is 412 g/mol. The van der Waals surface area contributed by atoms with Crippen molar-refractivity contribution in [2.75, 3.05) is 13.2 Å². The number of rotatable bonds is 5. The van der Waals surface area contributed by atoms with E-state index in [0.717, 1.165) is 3.57 Å². The van der Waals surface area contributed by atoms with Gasteiger partial charge in [-0.3, -0.25) is 9.36 Å². The summed E-state index contributed by atoms with van der Waals surface area (Å²) in [5.74, 6) is 0. The van der Waals surface area contributed by atoms with Gasteiger partial charge in [-0.25, -0.2) is 4.98 Å². The Morgan fingerprint density at radius 2 is 2.10 bits per heavy atom. The zero-order valence-electron chi connectivity index (χ0n) is 10.9. The molecule has 0 amide bonds. The topological polar surface area (TPSA) is 44.1 Å². The van der Waals surface area contributed by atoms with Gasteiger partial charge >= 0.3 is 6.18 Å². The molecule has 0 atom stereocenters. The molecule has 0 bridgehead atoms. The quantitative estimate of drug-likeness (QED) is 0.561. The maximum atomic E-state index is 12.2. The van der Waals surface area contributed by atoms with E-state index in [1.807, 2.05) is 6.07 Å². The van der Waals surface area contributed by atoms with E-state index in [9.17, 15) is 18.0 Å². The molecule has 114 valence electrons. The second-order valence-electron chi connectivity index (χ2n) is 4.43. The Morgan fingerprint density at radius 1 is 1.33 bits per heavy atom. The first kappa shape index (κ1) is 16.2. The van der Waals surface area contributed by atoms with E-state index in [2.05, 4.69) is 32.3 Å². The van der Waals surface area contributed by atoms with E-state index in [0.29, 0.717) is 17.3 Å². The Kier molecular flexibility index (Phi) is 5.20. The van der Waals surface area contributed by atoms with Crippen LogP contribution in [0.4, 0.5) is 13.2 Å². The van der Waals surface area contributed by atoms with E-state index in [1.165, 1.54) is 10.9 Å². The van der Waals surface area contributed by atoms with E-state index < -0.39 is 12.8 Å². The maximum absolute atomic E-state index is 12.2. The molecular formula is C13H12F3IN2O2. The molecule has 21 heavy (non-hydrogen) atoms. The summed E-state index contributed by atoms with van der Waals surface area (Å²) in [6.45, 7) is -1.06. The SMILES string of the molecule is O=c1c2cc(I)ccc2ncn1CCCOCC(F)(F)F. The Balaban J connectivity index is 2.00. The number of ether oxygens (including phenoxy) is 1. The average Bonchev–Trinajstić information content (AvgIpc) is 2.40. The van der Waals surface area contributed by atoms with Gasteiger partial charge in [-0.1, -0.05) is 0 Å². The van der Waals surface area contributed by atoms with Gasteiger partial charge in [0, 0.05) is 16.7 Å². The van der Waals surface area contributed by atoms with E-state index >= 15 is 0 Å². The second kappa shape index (κ2) is 6.73. The Labute approximate surface area is 132 Å². The molecule has 0 fully saturated rings. The summed E-state index contributed by atoms with van der Waals surface area (Å²) in [5.41, 5.74) is 0.402. The fourth-order valence-corrected chi connectivity index (χ4v) is 2.31. The highest BCUT2D eigenvalue weighted by molar-refractivity contribution is 14.1. The van der Waals surface area contributed by atoms with E-state index in [-0.39, 0.29) is 18.7 Å². The molecule has 1 heterocycles. The summed E-state index contributed by atoms with van der Waals surface area (Å²) in [7, 11) is 0. The first-order valence-electron chi connectivity index (χ1n) is 6.16. The molecule has 0 saturated carbocycles. The molecule has 0 spiro atoms. The van der Waals surface area contributed by atoms with Crippen LogP contribution in [0, 0.1) is 3.57 Å². The third kappa shape index (κ3) is 4.67. The van der Waals surface area contributed by atoms with Crippen molar-refractivity contribution in [3.63, 3.8) is 0 Å². The van der Waals surface area contributed by atoms with Gasteiger partial charge in [-0.15, -0.1) is 0 Å². The van der Waals surface area contributed by atoms with Crippen LogP contribution in [0.5, 0.6) is 0 Å². The molecule has 8 heteroatoms. The van der Waals surface area contributed by atoms with Crippen LogP contribution in [0.15, 0.2) is 29.3 Å². The Morgan fingerprint density at radius 3 is 2.81 bits per heavy atom. The molecule has 0 saturated heterocycles. The molecule has 0 radical (unpaired) electrons. The molecule has 1 aromatic carbocycles. The number of aromatic nitrogens is 2. The summed E-state index contributed by atoms with van der Waals surface area (Å²) < 4.78 is 42.5. The summed E-state index contributed by atoms with van der Waals surface area (Å²) in [4.78, 5) is 16.4. The van der Waals surface area contributed by atoms with Crippen molar-refractivity contribution >= 4 is 33.5 Å². The number of nitrogens with zero attached hydrogens (tertiary/aromatic N) is 2. The number of hydrogen-bond donors (Lipinski definition) is 0. The lowest BCUT2D eigenvalue weighted by molar-refractivity contribution is -0.174. The fraction of sp³-hybridized carbons (Fsp3) is 0.385. The third-order valence-corrected chi connectivity index (χ3v) is 3.41. The molecule has 0 aliphatic carbocycles. The van der Waals surface area contributed by atoms with Crippen LogP contribution in [0.2, 0.25) is 0 Å². The highest BCUT2D eigenvalue weighted by Gasteiger charge is 2.27. The van der Waals surface area contributed by atoms with E-state index in [4.69, 9.17) is 0 Å². The molecular weight excluding hydrogens is 400 g/mol. The molecule has 2 aromatic rings. The van der Waals surface area contributed by atoms with Crippen LogP contribution in [0.1, 0.15) is 6.42 Å².